The molecule has 0 heterocycles. The van der Waals surface area contributed by atoms with Crippen LogP contribution in [0, 0.1) is 0 Å². The molecule has 0 N–H and O–H groups in total. The van der Waals surface area contributed by atoms with E-state index in [4.69, 9.17) is 0 Å². The van der Waals surface area contributed by atoms with E-state index in [9.17, 15) is 13.2 Å². The van der Waals surface area contributed by atoms with Gasteiger partial charge in [0.1, 0.15) is 0 Å². The molecule has 0 bridgehead atoms. The monoisotopic (exact) mass is 268 g/mol. The van der Waals surface area contributed by atoms with Crippen LogP contribution in [0.25, 0.3) is 0 Å². The van der Waals surface area contributed by atoms with Crippen LogP contribution < -0.4 is 0 Å². The molecule has 0 aliphatic carbocycles. The molecule has 0 saturated heterocycles. The zero-order valence-corrected chi connectivity index (χ0v) is 11.4. The lowest BCUT2D eigenvalue weighted by Crippen LogP contribution is -2.00. The Kier molecular flexibility index (Phi) is 4.67. The first-order valence-corrected chi connectivity index (χ1v) is 7.02. The number of ether oxygens (including phenoxy) is 1. The van der Waals surface area contributed by atoms with Crippen molar-refractivity contribution in [2.45, 2.75) is 24.7 Å². The van der Waals surface area contributed by atoms with Crippen LogP contribution in [0.5, 0.6) is 0 Å². The molecule has 1 aromatic carbocycles. The molecule has 0 aromatic heterocycles. The van der Waals surface area contributed by atoms with Crippen molar-refractivity contribution < 1.29 is 17.9 Å². The molecule has 4 nitrogen and oxygen atoms in total. The summed E-state index contributed by atoms with van der Waals surface area (Å²) in [5.74, 6) is -0.357. The standard InChI is InChI=1S/C13H16O4S/c1-10(2)11-4-6-12(7-5-11)18(15,16)9-8-13(14)17-3/h4-10H,1-3H3/b9-8+. The van der Waals surface area contributed by atoms with Crippen molar-refractivity contribution in [1.82, 2.24) is 0 Å². The number of carbonyl (C=O) groups is 1. The number of rotatable bonds is 4. The van der Waals surface area contributed by atoms with Crippen LogP contribution in [0.2, 0.25) is 0 Å². The summed E-state index contributed by atoms with van der Waals surface area (Å²) in [6, 6.07) is 6.60. The summed E-state index contributed by atoms with van der Waals surface area (Å²) in [6.07, 6.45) is 0.895. The van der Waals surface area contributed by atoms with Gasteiger partial charge in [0.15, 0.2) is 9.84 Å². The van der Waals surface area contributed by atoms with Crippen LogP contribution in [-0.2, 0) is 19.4 Å². The van der Waals surface area contributed by atoms with Gasteiger partial charge in [0, 0.05) is 11.5 Å². The van der Waals surface area contributed by atoms with E-state index in [2.05, 4.69) is 4.74 Å². The summed E-state index contributed by atoms with van der Waals surface area (Å²) in [5, 5.41) is 0.850. The Morgan fingerprint density at radius 2 is 1.78 bits per heavy atom. The van der Waals surface area contributed by atoms with E-state index in [1.165, 1.54) is 19.2 Å². The van der Waals surface area contributed by atoms with Gasteiger partial charge >= 0.3 is 5.97 Å². The molecule has 0 atom stereocenters. The van der Waals surface area contributed by atoms with Crippen LogP contribution in [0.15, 0.2) is 40.6 Å². The largest absolute Gasteiger partial charge is 0.466 e. The van der Waals surface area contributed by atoms with Crippen molar-refractivity contribution in [2.24, 2.45) is 0 Å². The minimum absolute atomic E-state index is 0.159. The van der Waals surface area contributed by atoms with E-state index >= 15 is 0 Å². The van der Waals surface area contributed by atoms with Crippen molar-refractivity contribution in [3.05, 3.63) is 41.3 Å². The van der Waals surface area contributed by atoms with Gasteiger partial charge < -0.3 is 4.74 Å². The van der Waals surface area contributed by atoms with Gasteiger partial charge in [-0.2, -0.15) is 0 Å². The smallest absolute Gasteiger partial charge is 0.331 e. The fourth-order valence-electron chi connectivity index (χ4n) is 1.33. The number of sulfone groups is 1. The van der Waals surface area contributed by atoms with Crippen LogP contribution >= 0.6 is 0 Å². The van der Waals surface area contributed by atoms with Gasteiger partial charge in [0.25, 0.3) is 0 Å². The molecule has 0 spiro atoms. The molecule has 0 amide bonds. The molecule has 1 aromatic rings. The number of hydrogen-bond donors (Lipinski definition) is 0. The van der Waals surface area contributed by atoms with Gasteiger partial charge in [-0.3, -0.25) is 0 Å². The lowest BCUT2D eigenvalue weighted by atomic mass is 10.0. The Hall–Kier alpha value is -1.62. The molecule has 5 heteroatoms. The van der Waals surface area contributed by atoms with Crippen molar-refractivity contribution in [3.8, 4) is 0 Å². The first-order chi connectivity index (χ1) is 8.36. The molecule has 1 rings (SSSR count). The highest BCUT2D eigenvalue weighted by Gasteiger charge is 2.11. The maximum Gasteiger partial charge on any atom is 0.331 e. The van der Waals surface area contributed by atoms with Crippen LogP contribution in [0.1, 0.15) is 25.3 Å². The van der Waals surface area contributed by atoms with Gasteiger partial charge in [-0.25, -0.2) is 13.2 Å². The fourth-order valence-corrected chi connectivity index (χ4v) is 2.30. The van der Waals surface area contributed by atoms with E-state index in [1.807, 2.05) is 13.8 Å². The van der Waals surface area contributed by atoms with E-state index in [-0.39, 0.29) is 4.90 Å². The van der Waals surface area contributed by atoms with E-state index < -0.39 is 15.8 Å². The second-order valence-corrected chi connectivity index (χ2v) is 5.93. The minimum Gasteiger partial charge on any atom is -0.466 e. The fraction of sp³-hybridized carbons (Fsp3) is 0.308. The highest BCUT2D eigenvalue weighted by Crippen LogP contribution is 2.18. The predicted octanol–water partition coefficient (Wildman–Crippen LogP) is 2.27. The van der Waals surface area contributed by atoms with Crippen LogP contribution in [0.4, 0.5) is 0 Å². The summed E-state index contributed by atoms with van der Waals surface area (Å²) < 4.78 is 28.0. The van der Waals surface area contributed by atoms with Gasteiger partial charge in [-0.05, 0) is 23.6 Å². The van der Waals surface area contributed by atoms with Gasteiger partial charge in [-0.1, -0.05) is 26.0 Å². The topological polar surface area (TPSA) is 60.4 Å². The number of benzene rings is 1. The summed E-state index contributed by atoms with van der Waals surface area (Å²) in [5.41, 5.74) is 1.06. The normalized spacial score (nSPS) is 12.0. The SMILES string of the molecule is COC(=O)/C=C/S(=O)(=O)c1ccc(C(C)C)cc1. The molecule has 98 valence electrons. The molecule has 0 saturated carbocycles. The summed E-state index contributed by atoms with van der Waals surface area (Å²) in [7, 11) is -2.40. The number of methoxy groups -OCH3 is 1. The molecule has 0 fully saturated rings. The van der Waals surface area contributed by atoms with Crippen LogP contribution in [-0.4, -0.2) is 21.5 Å². The maximum absolute atomic E-state index is 11.8. The second-order valence-electron chi connectivity index (χ2n) is 4.09. The highest BCUT2D eigenvalue weighted by atomic mass is 32.2. The Balaban J connectivity index is 2.99. The van der Waals surface area contributed by atoms with Gasteiger partial charge in [-0.15, -0.1) is 0 Å². The predicted molar refractivity (Wildman–Crippen MR) is 68.9 cm³/mol. The van der Waals surface area contributed by atoms with Crippen LogP contribution in [0.3, 0.4) is 0 Å². The number of carbonyl (C=O) groups excluding carboxylic acids is 1. The first kappa shape index (κ1) is 14.4. The quantitative estimate of drug-likeness (QED) is 0.621. The number of esters is 1. The van der Waals surface area contributed by atoms with E-state index in [1.54, 1.807) is 12.1 Å². The van der Waals surface area contributed by atoms with E-state index in [0.29, 0.717) is 5.92 Å². The Morgan fingerprint density at radius 1 is 1.22 bits per heavy atom. The van der Waals surface area contributed by atoms with Crippen molar-refractivity contribution in [3.63, 3.8) is 0 Å². The zero-order valence-electron chi connectivity index (χ0n) is 10.6. The summed E-state index contributed by atoms with van der Waals surface area (Å²) in [4.78, 5) is 11.0. The third-order valence-corrected chi connectivity index (χ3v) is 3.88. The Morgan fingerprint density at radius 3 is 2.22 bits per heavy atom. The molecular formula is C13H16O4S. The van der Waals surface area contributed by atoms with Crippen molar-refractivity contribution in [2.75, 3.05) is 7.11 Å². The van der Waals surface area contributed by atoms with Gasteiger partial charge in [0.05, 0.1) is 12.0 Å². The third-order valence-electron chi connectivity index (χ3n) is 2.46. The van der Waals surface area contributed by atoms with Gasteiger partial charge in [0.2, 0.25) is 0 Å². The molecule has 18 heavy (non-hydrogen) atoms. The third kappa shape index (κ3) is 3.70. The average Bonchev–Trinajstić information content (AvgIpc) is 2.36. The zero-order chi connectivity index (χ0) is 13.8. The average molecular weight is 268 g/mol. The number of hydrogen-bond acceptors (Lipinski definition) is 4. The highest BCUT2D eigenvalue weighted by molar-refractivity contribution is 7.94. The lowest BCUT2D eigenvalue weighted by molar-refractivity contribution is -0.134. The molecule has 0 unspecified atom stereocenters. The molecule has 0 aliphatic rings. The second kappa shape index (κ2) is 5.82. The molecular weight excluding hydrogens is 252 g/mol. The van der Waals surface area contributed by atoms with E-state index in [0.717, 1.165) is 17.0 Å². The first-order valence-electron chi connectivity index (χ1n) is 5.48. The molecule has 0 radical (unpaired) electrons. The minimum atomic E-state index is -3.59. The lowest BCUT2D eigenvalue weighted by Gasteiger charge is -2.05. The van der Waals surface area contributed by atoms with Crippen molar-refractivity contribution in [1.29, 1.82) is 0 Å². The maximum atomic E-state index is 11.8. The Bertz CT molecular complexity index is 539. The summed E-state index contributed by atoms with van der Waals surface area (Å²) >= 11 is 0. The Labute approximate surface area is 107 Å². The van der Waals surface area contributed by atoms with Crippen molar-refractivity contribution >= 4 is 15.8 Å². The molecule has 0 aliphatic heterocycles. The summed E-state index contributed by atoms with van der Waals surface area (Å²) in [6.45, 7) is 4.06.